The van der Waals surface area contributed by atoms with Gasteiger partial charge in [0.15, 0.2) is 0 Å². The average Bonchev–Trinajstić information content (AvgIpc) is 2.55. The molecule has 0 unspecified atom stereocenters. The third-order valence-corrected chi connectivity index (χ3v) is 4.18. The van der Waals surface area contributed by atoms with E-state index in [2.05, 4.69) is 15.9 Å². The van der Waals surface area contributed by atoms with E-state index in [1.165, 1.54) is 18.0 Å². The van der Waals surface area contributed by atoms with Crippen LogP contribution in [-0.4, -0.2) is 22.8 Å². The first-order valence-corrected chi connectivity index (χ1v) is 8.18. The zero-order valence-electron chi connectivity index (χ0n) is 13.3. The van der Waals surface area contributed by atoms with Gasteiger partial charge in [-0.15, -0.1) is 0 Å². The molecule has 0 saturated carbocycles. The largest absolute Gasteiger partial charge is 0.341 e. The lowest BCUT2D eigenvalue weighted by Gasteiger charge is -2.17. The number of hydrogen-bond acceptors (Lipinski definition) is 3. The molecule has 0 fully saturated rings. The summed E-state index contributed by atoms with van der Waals surface area (Å²) in [5.41, 5.74) is 0.418. The van der Waals surface area contributed by atoms with Crippen LogP contribution in [0.2, 0.25) is 0 Å². The number of nitro groups is 1. The summed E-state index contributed by atoms with van der Waals surface area (Å²) in [6, 6.07) is 7.58. The van der Waals surface area contributed by atoms with E-state index >= 15 is 0 Å². The third kappa shape index (κ3) is 5.06. The molecule has 0 aliphatic heterocycles. The molecule has 0 radical (unpaired) electrons. The number of nitro benzene ring substituents is 1. The summed E-state index contributed by atoms with van der Waals surface area (Å²) in [4.78, 5) is 24.1. The van der Waals surface area contributed by atoms with Crippen LogP contribution in [0, 0.1) is 21.7 Å². The van der Waals surface area contributed by atoms with Crippen LogP contribution in [0.3, 0.4) is 0 Å². The van der Waals surface area contributed by atoms with Crippen LogP contribution in [-0.2, 0) is 17.8 Å². The Bertz CT molecular complexity index is 814. The normalized spacial score (nSPS) is 10.6. The SMILES string of the molecule is CN(Cc1cc(Br)ccc1[N+](=O)[O-])C(=O)CCc1cc(F)ccc1F. The molecule has 5 nitrogen and oxygen atoms in total. The summed E-state index contributed by atoms with van der Waals surface area (Å²) in [5, 5.41) is 11.1. The molecule has 0 spiro atoms. The predicted molar refractivity (Wildman–Crippen MR) is 91.9 cm³/mol. The molecule has 0 atom stereocenters. The highest BCUT2D eigenvalue weighted by atomic mass is 79.9. The highest BCUT2D eigenvalue weighted by Gasteiger charge is 2.18. The number of aryl methyl sites for hydroxylation is 1. The maximum absolute atomic E-state index is 13.6. The molecule has 0 bridgehead atoms. The second-order valence-corrected chi connectivity index (χ2v) is 6.43. The third-order valence-electron chi connectivity index (χ3n) is 3.69. The second kappa shape index (κ2) is 8.15. The van der Waals surface area contributed by atoms with Crippen molar-refractivity contribution in [2.24, 2.45) is 0 Å². The van der Waals surface area contributed by atoms with Crippen molar-refractivity contribution < 1.29 is 18.5 Å². The van der Waals surface area contributed by atoms with Gasteiger partial charge in [-0.1, -0.05) is 15.9 Å². The summed E-state index contributed by atoms with van der Waals surface area (Å²) in [5.74, 6) is -1.46. The topological polar surface area (TPSA) is 63.4 Å². The summed E-state index contributed by atoms with van der Waals surface area (Å²) in [6.45, 7) is 0.0419. The standard InChI is InChI=1S/C17H15BrF2N2O3/c1-21(10-12-8-13(18)3-6-16(12)22(24)25)17(23)7-2-11-9-14(19)4-5-15(11)20/h3-6,8-9H,2,7,10H2,1H3. The van der Waals surface area contributed by atoms with Gasteiger partial charge in [-0.25, -0.2) is 8.78 Å². The second-order valence-electron chi connectivity index (χ2n) is 5.52. The average molecular weight is 413 g/mol. The molecule has 1 amide bonds. The molecule has 0 saturated heterocycles. The number of nitrogens with zero attached hydrogens (tertiary/aromatic N) is 2. The van der Waals surface area contributed by atoms with Crippen molar-refractivity contribution >= 4 is 27.5 Å². The van der Waals surface area contributed by atoms with Gasteiger partial charge in [0.1, 0.15) is 11.6 Å². The monoisotopic (exact) mass is 412 g/mol. The van der Waals surface area contributed by atoms with Crippen molar-refractivity contribution in [3.05, 3.63) is 73.7 Å². The Balaban J connectivity index is 2.05. The van der Waals surface area contributed by atoms with Crippen molar-refractivity contribution in [2.45, 2.75) is 19.4 Å². The quantitative estimate of drug-likeness (QED) is 0.526. The zero-order chi connectivity index (χ0) is 18.6. The zero-order valence-corrected chi connectivity index (χ0v) is 14.9. The van der Waals surface area contributed by atoms with Gasteiger partial charge in [0.05, 0.1) is 17.0 Å². The van der Waals surface area contributed by atoms with Crippen LogP contribution < -0.4 is 0 Å². The molecule has 0 aromatic heterocycles. The summed E-state index contributed by atoms with van der Waals surface area (Å²) < 4.78 is 27.4. The highest BCUT2D eigenvalue weighted by molar-refractivity contribution is 9.10. The Morgan fingerprint density at radius 2 is 1.92 bits per heavy atom. The molecule has 2 aromatic rings. The number of rotatable bonds is 6. The number of hydrogen-bond donors (Lipinski definition) is 0. The molecule has 0 heterocycles. The Kier molecular flexibility index (Phi) is 6.19. The fraction of sp³-hybridized carbons (Fsp3) is 0.235. The molecule has 0 N–H and O–H groups in total. The highest BCUT2D eigenvalue weighted by Crippen LogP contribution is 2.24. The Morgan fingerprint density at radius 3 is 2.60 bits per heavy atom. The van der Waals surface area contributed by atoms with E-state index in [9.17, 15) is 23.7 Å². The van der Waals surface area contributed by atoms with E-state index in [-0.39, 0.29) is 36.5 Å². The smallest absolute Gasteiger partial charge is 0.274 e. The Hall–Kier alpha value is -2.35. The molecule has 0 aliphatic carbocycles. The van der Waals surface area contributed by atoms with Crippen LogP contribution in [0.25, 0.3) is 0 Å². The lowest BCUT2D eigenvalue weighted by atomic mass is 10.1. The van der Waals surface area contributed by atoms with E-state index in [1.54, 1.807) is 12.1 Å². The lowest BCUT2D eigenvalue weighted by Crippen LogP contribution is -2.26. The van der Waals surface area contributed by atoms with Crippen LogP contribution in [0.1, 0.15) is 17.5 Å². The molecule has 8 heteroatoms. The minimum absolute atomic E-state index is 0.0291. The van der Waals surface area contributed by atoms with Gasteiger partial charge in [0, 0.05) is 24.0 Å². The maximum atomic E-state index is 13.6. The van der Waals surface area contributed by atoms with Gasteiger partial charge in [-0.3, -0.25) is 14.9 Å². The van der Waals surface area contributed by atoms with E-state index in [0.717, 1.165) is 18.2 Å². The Morgan fingerprint density at radius 1 is 1.20 bits per heavy atom. The van der Waals surface area contributed by atoms with Crippen molar-refractivity contribution in [3.8, 4) is 0 Å². The first-order chi connectivity index (χ1) is 11.8. The predicted octanol–water partition coefficient (Wildman–Crippen LogP) is 4.23. The van der Waals surface area contributed by atoms with Crippen molar-refractivity contribution in [3.63, 3.8) is 0 Å². The molecular weight excluding hydrogens is 398 g/mol. The fourth-order valence-electron chi connectivity index (χ4n) is 2.37. The minimum atomic E-state index is -0.570. The fourth-order valence-corrected chi connectivity index (χ4v) is 2.78. The maximum Gasteiger partial charge on any atom is 0.274 e. The summed E-state index contributed by atoms with van der Waals surface area (Å²) in [6.07, 6.45) is 0.0199. The number of amides is 1. The van der Waals surface area contributed by atoms with Crippen molar-refractivity contribution in [1.82, 2.24) is 4.90 Å². The van der Waals surface area contributed by atoms with Crippen LogP contribution >= 0.6 is 15.9 Å². The number of carbonyl (C=O) groups is 1. The molecule has 2 rings (SSSR count). The van der Waals surface area contributed by atoms with Crippen LogP contribution in [0.15, 0.2) is 40.9 Å². The van der Waals surface area contributed by atoms with Gasteiger partial charge in [0.25, 0.3) is 5.69 Å². The lowest BCUT2D eigenvalue weighted by molar-refractivity contribution is -0.385. The van der Waals surface area contributed by atoms with Gasteiger partial charge in [-0.2, -0.15) is 0 Å². The number of benzene rings is 2. The van der Waals surface area contributed by atoms with Gasteiger partial charge < -0.3 is 4.90 Å². The van der Waals surface area contributed by atoms with E-state index in [1.807, 2.05) is 0 Å². The van der Waals surface area contributed by atoms with Crippen LogP contribution in [0.5, 0.6) is 0 Å². The first kappa shape index (κ1) is 19.0. The summed E-state index contributed by atoms with van der Waals surface area (Å²) in [7, 11) is 1.51. The van der Waals surface area contributed by atoms with Crippen LogP contribution in [0.4, 0.5) is 14.5 Å². The minimum Gasteiger partial charge on any atom is -0.341 e. The van der Waals surface area contributed by atoms with Crippen molar-refractivity contribution in [1.29, 1.82) is 0 Å². The molecular formula is C17H15BrF2N2O3. The molecule has 132 valence electrons. The van der Waals surface area contributed by atoms with Gasteiger partial charge in [0.2, 0.25) is 5.91 Å². The summed E-state index contributed by atoms with van der Waals surface area (Å²) >= 11 is 3.25. The molecule has 25 heavy (non-hydrogen) atoms. The Labute approximate surface area is 151 Å². The molecule has 0 aliphatic rings. The van der Waals surface area contributed by atoms with E-state index < -0.39 is 16.6 Å². The van der Waals surface area contributed by atoms with E-state index in [4.69, 9.17) is 0 Å². The van der Waals surface area contributed by atoms with Gasteiger partial charge in [-0.05, 0) is 42.3 Å². The molecule has 2 aromatic carbocycles. The van der Waals surface area contributed by atoms with Gasteiger partial charge >= 0.3 is 0 Å². The first-order valence-electron chi connectivity index (χ1n) is 7.38. The number of halogens is 3. The number of carbonyl (C=O) groups excluding carboxylic acids is 1. The van der Waals surface area contributed by atoms with Crippen molar-refractivity contribution in [2.75, 3.05) is 7.05 Å². The van der Waals surface area contributed by atoms with E-state index in [0.29, 0.717) is 10.0 Å².